The van der Waals surface area contributed by atoms with Crippen LogP contribution in [-0.2, 0) is 0 Å². The summed E-state index contributed by atoms with van der Waals surface area (Å²) in [6.07, 6.45) is 0. The number of nitrogen functional groups attached to an aromatic ring is 2. The Morgan fingerprint density at radius 2 is 1.06 bits per heavy atom. The number of rotatable bonds is 5. The highest BCUT2D eigenvalue weighted by Crippen LogP contribution is 2.33. The molecule has 0 radical (unpaired) electrons. The number of benzene rings is 4. The summed E-state index contributed by atoms with van der Waals surface area (Å²) >= 11 is 5.97. The van der Waals surface area contributed by atoms with E-state index in [4.69, 9.17) is 37.3 Å². The molecule has 0 amide bonds. The van der Waals surface area contributed by atoms with Crippen molar-refractivity contribution in [1.82, 2.24) is 0 Å². The van der Waals surface area contributed by atoms with Gasteiger partial charge in [-0.15, -0.1) is 0 Å². The predicted octanol–water partition coefficient (Wildman–Crippen LogP) is 6.78. The lowest BCUT2D eigenvalue weighted by atomic mass is 10.3. The van der Waals surface area contributed by atoms with Gasteiger partial charge in [-0.2, -0.15) is 0 Å². The second kappa shape index (κ2) is 10.8. The normalized spacial score (nSPS) is 9.87. The van der Waals surface area contributed by atoms with Gasteiger partial charge in [-0.3, -0.25) is 0 Å². The molecular formula is C25H23ClN2O3. The zero-order valence-corrected chi connectivity index (χ0v) is 17.8. The lowest BCUT2D eigenvalue weighted by Gasteiger charge is -2.10. The van der Waals surface area contributed by atoms with Crippen molar-refractivity contribution in [3.63, 3.8) is 0 Å². The first-order chi connectivity index (χ1) is 15.0. The van der Waals surface area contributed by atoms with Gasteiger partial charge < -0.3 is 25.7 Å². The van der Waals surface area contributed by atoms with Gasteiger partial charge in [-0.1, -0.05) is 48.0 Å². The lowest BCUT2D eigenvalue weighted by Crippen LogP contribution is -1.92. The standard InChI is InChI=1S/C13H13NO2.C12H10ClNO/c1-15-13-9-10(14)7-8-12(13)16-11-5-3-2-4-6-11;13-11-8-9(14)6-7-12(11)15-10-4-2-1-3-5-10/h2-9H,14H2,1H3;1-8H,14H2. The molecule has 31 heavy (non-hydrogen) atoms. The maximum absolute atomic E-state index is 5.97. The van der Waals surface area contributed by atoms with E-state index in [1.165, 1.54) is 0 Å². The van der Waals surface area contributed by atoms with Crippen LogP contribution < -0.4 is 25.7 Å². The number of ether oxygens (including phenoxy) is 3. The molecule has 4 aromatic carbocycles. The summed E-state index contributed by atoms with van der Waals surface area (Å²) in [5.41, 5.74) is 12.5. The molecule has 6 heteroatoms. The second-order valence-corrected chi connectivity index (χ2v) is 6.84. The molecule has 158 valence electrons. The van der Waals surface area contributed by atoms with Crippen LogP contribution in [0.15, 0.2) is 97.1 Å². The van der Waals surface area contributed by atoms with Gasteiger partial charge >= 0.3 is 0 Å². The highest BCUT2D eigenvalue weighted by atomic mass is 35.5. The van der Waals surface area contributed by atoms with Crippen molar-refractivity contribution < 1.29 is 14.2 Å². The summed E-state index contributed by atoms with van der Waals surface area (Å²) in [6, 6.07) is 29.5. The molecule has 0 saturated heterocycles. The Balaban J connectivity index is 0.000000176. The van der Waals surface area contributed by atoms with Crippen molar-refractivity contribution in [2.45, 2.75) is 0 Å². The van der Waals surface area contributed by atoms with Crippen molar-refractivity contribution in [2.24, 2.45) is 0 Å². The first-order valence-corrected chi connectivity index (χ1v) is 9.87. The highest BCUT2D eigenvalue weighted by Gasteiger charge is 2.05. The molecule has 0 fully saturated rings. The van der Waals surface area contributed by atoms with E-state index in [2.05, 4.69) is 0 Å². The third-order valence-corrected chi connectivity index (χ3v) is 4.38. The van der Waals surface area contributed by atoms with E-state index in [0.29, 0.717) is 33.6 Å². The van der Waals surface area contributed by atoms with Crippen LogP contribution in [0.5, 0.6) is 28.7 Å². The minimum Gasteiger partial charge on any atom is -0.493 e. The Bertz CT molecular complexity index is 1110. The van der Waals surface area contributed by atoms with E-state index in [1.54, 1.807) is 43.5 Å². The summed E-state index contributed by atoms with van der Waals surface area (Å²) in [6.45, 7) is 0. The summed E-state index contributed by atoms with van der Waals surface area (Å²) < 4.78 is 16.4. The molecule has 5 nitrogen and oxygen atoms in total. The van der Waals surface area contributed by atoms with Crippen LogP contribution in [0.25, 0.3) is 0 Å². The Labute approximate surface area is 186 Å². The number of hydrogen-bond donors (Lipinski definition) is 2. The third kappa shape index (κ3) is 6.59. The zero-order chi connectivity index (χ0) is 22.1. The maximum Gasteiger partial charge on any atom is 0.169 e. The minimum absolute atomic E-state index is 0.513. The van der Waals surface area contributed by atoms with Crippen LogP contribution in [0.3, 0.4) is 0 Å². The van der Waals surface area contributed by atoms with E-state index in [0.717, 1.165) is 11.5 Å². The molecule has 4 N–H and O–H groups in total. The van der Waals surface area contributed by atoms with Crippen LogP contribution in [-0.4, -0.2) is 7.11 Å². The van der Waals surface area contributed by atoms with Crippen LogP contribution in [0, 0.1) is 0 Å². The number of para-hydroxylation sites is 2. The van der Waals surface area contributed by atoms with Crippen molar-refractivity contribution >= 4 is 23.0 Å². The van der Waals surface area contributed by atoms with E-state index < -0.39 is 0 Å². The number of anilines is 2. The largest absolute Gasteiger partial charge is 0.493 e. The average Bonchev–Trinajstić information content (AvgIpc) is 2.79. The molecule has 0 aliphatic heterocycles. The van der Waals surface area contributed by atoms with Crippen molar-refractivity contribution in [3.05, 3.63) is 102 Å². The molecule has 0 heterocycles. The Hall–Kier alpha value is -3.83. The first kappa shape index (κ1) is 21.9. The highest BCUT2D eigenvalue weighted by molar-refractivity contribution is 6.32. The smallest absolute Gasteiger partial charge is 0.169 e. The molecule has 0 spiro atoms. The van der Waals surface area contributed by atoms with Crippen molar-refractivity contribution in [1.29, 1.82) is 0 Å². The summed E-state index contributed by atoms with van der Waals surface area (Å²) in [4.78, 5) is 0. The summed E-state index contributed by atoms with van der Waals surface area (Å²) in [5.74, 6) is 3.42. The molecule has 0 bridgehead atoms. The van der Waals surface area contributed by atoms with Crippen LogP contribution in [0.2, 0.25) is 5.02 Å². The average molecular weight is 435 g/mol. The fourth-order valence-electron chi connectivity index (χ4n) is 2.60. The van der Waals surface area contributed by atoms with Gasteiger partial charge in [0, 0.05) is 17.4 Å². The van der Waals surface area contributed by atoms with E-state index >= 15 is 0 Å². The maximum atomic E-state index is 5.97. The molecule has 0 aliphatic carbocycles. The van der Waals surface area contributed by atoms with Gasteiger partial charge in [0.1, 0.15) is 17.2 Å². The fourth-order valence-corrected chi connectivity index (χ4v) is 2.83. The number of hydrogen-bond acceptors (Lipinski definition) is 5. The topological polar surface area (TPSA) is 79.7 Å². The van der Waals surface area contributed by atoms with Crippen molar-refractivity contribution in [3.8, 4) is 28.7 Å². The first-order valence-electron chi connectivity index (χ1n) is 9.49. The molecule has 0 unspecified atom stereocenters. The number of halogens is 1. The van der Waals surface area contributed by atoms with Gasteiger partial charge in [0.05, 0.1) is 12.1 Å². The molecular weight excluding hydrogens is 412 g/mol. The van der Waals surface area contributed by atoms with Gasteiger partial charge in [0.15, 0.2) is 11.5 Å². The van der Waals surface area contributed by atoms with Crippen LogP contribution in [0.4, 0.5) is 11.4 Å². The molecule has 0 atom stereocenters. The zero-order valence-electron chi connectivity index (χ0n) is 17.0. The Kier molecular flexibility index (Phi) is 7.62. The Morgan fingerprint density at radius 3 is 1.58 bits per heavy atom. The quantitative estimate of drug-likeness (QED) is 0.338. The van der Waals surface area contributed by atoms with E-state index in [9.17, 15) is 0 Å². The van der Waals surface area contributed by atoms with Gasteiger partial charge in [0.25, 0.3) is 0 Å². The lowest BCUT2D eigenvalue weighted by molar-refractivity contribution is 0.379. The van der Waals surface area contributed by atoms with E-state index in [-0.39, 0.29) is 0 Å². The number of methoxy groups -OCH3 is 1. The van der Waals surface area contributed by atoms with Crippen LogP contribution >= 0.6 is 11.6 Å². The fraction of sp³-hybridized carbons (Fsp3) is 0.0400. The van der Waals surface area contributed by atoms with Crippen LogP contribution in [0.1, 0.15) is 0 Å². The van der Waals surface area contributed by atoms with Gasteiger partial charge in [-0.05, 0) is 54.6 Å². The third-order valence-electron chi connectivity index (χ3n) is 4.09. The van der Waals surface area contributed by atoms with Gasteiger partial charge in [-0.25, -0.2) is 0 Å². The Morgan fingerprint density at radius 1 is 0.581 bits per heavy atom. The molecule has 4 rings (SSSR count). The van der Waals surface area contributed by atoms with Crippen molar-refractivity contribution in [2.75, 3.05) is 18.6 Å². The summed E-state index contributed by atoms with van der Waals surface area (Å²) in [7, 11) is 1.59. The molecule has 4 aromatic rings. The predicted molar refractivity (Wildman–Crippen MR) is 126 cm³/mol. The summed E-state index contributed by atoms with van der Waals surface area (Å²) in [5, 5.41) is 0.513. The molecule has 0 saturated carbocycles. The van der Waals surface area contributed by atoms with Gasteiger partial charge in [0.2, 0.25) is 0 Å². The molecule has 0 aromatic heterocycles. The minimum atomic E-state index is 0.513. The second-order valence-electron chi connectivity index (χ2n) is 6.43. The monoisotopic (exact) mass is 434 g/mol. The molecule has 0 aliphatic rings. The van der Waals surface area contributed by atoms with E-state index in [1.807, 2.05) is 60.7 Å². The number of nitrogens with two attached hydrogens (primary N) is 2. The SMILES string of the molecule is COc1cc(N)ccc1Oc1ccccc1.Nc1ccc(Oc2ccccc2)c(Cl)c1.